The normalized spacial score (nSPS) is 10.3. The summed E-state index contributed by atoms with van der Waals surface area (Å²) < 4.78 is 0. The van der Waals surface area contributed by atoms with E-state index in [2.05, 4.69) is 22.4 Å². The van der Waals surface area contributed by atoms with Crippen LogP contribution in [0.2, 0.25) is 0 Å². The number of aromatic hydroxyl groups is 1. The summed E-state index contributed by atoms with van der Waals surface area (Å²) in [5.41, 5.74) is 5.20. The highest BCUT2D eigenvalue weighted by molar-refractivity contribution is 7.80. The molecule has 0 unspecified atom stereocenters. The fourth-order valence-corrected chi connectivity index (χ4v) is 1.79. The molecule has 0 radical (unpaired) electrons. The maximum atomic E-state index is 9.58. The molecular weight excluding hydrogens is 282 g/mol. The lowest BCUT2D eigenvalue weighted by Crippen LogP contribution is -2.23. The molecule has 3 N–H and O–H groups in total. The van der Waals surface area contributed by atoms with Crippen LogP contribution in [0.5, 0.6) is 5.75 Å². The Morgan fingerprint density at radius 1 is 1.14 bits per heavy atom. The third-order valence-electron chi connectivity index (χ3n) is 2.71. The van der Waals surface area contributed by atoms with Crippen LogP contribution in [0.4, 0.5) is 5.69 Å². The van der Waals surface area contributed by atoms with Gasteiger partial charge in [-0.2, -0.15) is 5.10 Å². The number of para-hydroxylation sites is 1. The number of thiocarbonyl (C=S) groups is 1. The van der Waals surface area contributed by atoms with Crippen LogP contribution in [-0.2, 0) is 0 Å². The lowest BCUT2D eigenvalue weighted by molar-refractivity contribution is 0.474. The minimum atomic E-state index is 0.168. The van der Waals surface area contributed by atoms with Gasteiger partial charge in [-0.25, -0.2) is 0 Å². The predicted molar refractivity (Wildman–Crippen MR) is 91.6 cm³/mol. The minimum Gasteiger partial charge on any atom is -0.507 e. The number of hydrazone groups is 1. The molecule has 0 aromatic heterocycles. The summed E-state index contributed by atoms with van der Waals surface area (Å²) >= 11 is 5.13. The standard InChI is InChI=1S/C16H15N3OS/c1-2-12-7-9-14(10-8-12)18-16(21)19-17-11-13-5-3-4-6-15(13)20/h2-11,20H,1H2,(H2,18,19,21). The van der Waals surface area contributed by atoms with Gasteiger partial charge in [0, 0.05) is 11.3 Å². The maximum absolute atomic E-state index is 9.58. The SMILES string of the molecule is C=Cc1ccc(NC(=S)NN=Cc2ccccc2O)cc1. The molecular formula is C16H15N3OS. The molecule has 0 atom stereocenters. The van der Waals surface area contributed by atoms with E-state index in [1.54, 1.807) is 24.3 Å². The highest BCUT2D eigenvalue weighted by Crippen LogP contribution is 2.12. The van der Waals surface area contributed by atoms with Gasteiger partial charge in [0.1, 0.15) is 5.75 Å². The smallest absolute Gasteiger partial charge is 0.191 e. The van der Waals surface area contributed by atoms with Crippen LogP contribution in [0.1, 0.15) is 11.1 Å². The number of rotatable bonds is 4. The number of hydrogen-bond acceptors (Lipinski definition) is 3. The van der Waals surface area contributed by atoms with Crippen molar-refractivity contribution in [3.05, 3.63) is 66.2 Å². The second kappa shape index (κ2) is 7.21. The van der Waals surface area contributed by atoms with Crippen LogP contribution in [0.15, 0.2) is 60.2 Å². The van der Waals surface area contributed by atoms with Gasteiger partial charge in [0.05, 0.1) is 6.21 Å². The first-order chi connectivity index (χ1) is 10.2. The van der Waals surface area contributed by atoms with Crippen molar-refractivity contribution in [2.45, 2.75) is 0 Å². The Morgan fingerprint density at radius 3 is 2.52 bits per heavy atom. The van der Waals surface area contributed by atoms with Crippen LogP contribution in [0.25, 0.3) is 6.08 Å². The molecule has 0 fully saturated rings. The van der Waals surface area contributed by atoms with E-state index in [4.69, 9.17) is 12.2 Å². The second-order valence-corrected chi connectivity index (χ2v) is 4.62. The average Bonchev–Trinajstić information content (AvgIpc) is 2.50. The predicted octanol–water partition coefficient (Wildman–Crippen LogP) is 3.36. The molecule has 2 aromatic rings. The fourth-order valence-electron chi connectivity index (χ4n) is 1.62. The monoisotopic (exact) mass is 297 g/mol. The van der Waals surface area contributed by atoms with Crippen molar-refractivity contribution in [2.75, 3.05) is 5.32 Å². The van der Waals surface area contributed by atoms with E-state index >= 15 is 0 Å². The molecule has 0 heterocycles. The number of phenolic OH excluding ortho intramolecular Hbond substituents is 1. The van der Waals surface area contributed by atoms with Gasteiger partial charge in [-0.05, 0) is 42.0 Å². The van der Waals surface area contributed by atoms with Crippen molar-refractivity contribution in [3.63, 3.8) is 0 Å². The molecule has 0 bridgehead atoms. The second-order valence-electron chi connectivity index (χ2n) is 4.21. The molecule has 0 aliphatic carbocycles. The fraction of sp³-hybridized carbons (Fsp3) is 0. The Kier molecular flexibility index (Phi) is 5.06. The Morgan fingerprint density at radius 2 is 1.86 bits per heavy atom. The van der Waals surface area contributed by atoms with E-state index in [9.17, 15) is 5.11 Å². The van der Waals surface area contributed by atoms with Gasteiger partial charge >= 0.3 is 0 Å². The molecule has 0 amide bonds. The Hall–Kier alpha value is -2.66. The van der Waals surface area contributed by atoms with Gasteiger partial charge in [0.15, 0.2) is 5.11 Å². The zero-order chi connectivity index (χ0) is 15.1. The molecule has 0 aliphatic rings. The van der Waals surface area contributed by atoms with Crippen molar-refractivity contribution in [2.24, 2.45) is 5.10 Å². The summed E-state index contributed by atoms with van der Waals surface area (Å²) in [5.74, 6) is 0.168. The summed E-state index contributed by atoms with van der Waals surface area (Å²) in [7, 11) is 0. The Labute approximate surface area is 128 Å². The maximum Gasteiger partial charge on any atom is 0.191 e. The first kappa shape index (κ1) is 14.7. The average molecular weight is 297 g/mol. The molecule has 4 nitrogen and oxygen atoms in total. The number of anilines is 1. The van der Waals surface area contributed by atoms with Gasteiger partial charge in [-0.1, -0.05) is 36.9 Å². The Balaban J connectivity index is 1.90. The first-order valence-corrected chi connectivity index (χ1v) is 6.70. The minimum absolute atomic E-state index is 0.168. The topological polar surface area (TPSA) is 56.7 Å². The van der Waals surface area contributed by atoms with E-state index in [0.29, 0.717) is 10.7 Å². The van der Waals surface area contributed by atoms with E-state index in [0.717, 1.165) is 11.3 Å². The van der Waals surface area contributed by atoms with E-state index in [-0.39, 0.29) is 5.75 Å². The van der Waals surface area contributed by atoms with E-state index in [1.165, 1.54) is 6.21 Å². The molecule has 2 rings (SSSR count). The van der Waals surface area contributed by atoms with Crippen LogP contribution in [0.3, 0.4) is 0 Å². The zero-order valence-corrected chi connectivity index (χ0v) is 12.1. The van der Waals surface area contributed by atoms with Crippen LogP contribution in [0, 0.1) is 0 Å². The van der Waals surface area contributed by atoms with Gasteiger partial charge in [-0.3, -0.25) is 5.43 Å². The number of hydrogen-bond donors (Lipinski definition) is 3. The summed E-state index contributed by atoms with van der Waals surface area (Å²) in [4.78, 5) is 0. The number of benzene rings is 2. The highest BCUT2D eigenvalue weighted by atomic mass is 32.1. The quantitative estimate of drug-likeness (QED) is 0.460. The third kappa shape index (κ3) is 4.43. The highest BCUT2D eigenvalue weighted by Gasteiger charge is 1.97. The number of phenols is 1. The van der Waals surface area contributed by atoms with Crippen molar-refractivity contribution in [1.82, 2.24) is 5.43 Å². The van der Waals surface area contributed by atoms with Gasteiger partial charge in [-0.15, -0.1) is 0 Å². The molecule has 0 saturated carbocycles. The molecule has 2 aromatic carbocycles. The molecule has 106 valence electrons. The van der Waals surface area contributed by atoms with Crippen LogP contribution < -0.4 is 10.7 Å². The lowest BCUT2D eigenvalue weighted by atomic mass is 10.2. The van der Waals surface area contributed by atoms with Crippen LogP contribution in [-0.4, -0.2) is 16.4 Å². The molecule has 0 spiro atoms. The van der Waals surface area contributed by atoms with E-state index < -0.39 is 0 Å². The summed E-state index contributed by atoms with van der Waals surface area (Å²) in [6, 6.07) is 14.6. The summed E-state index contributed by atoms with van der Waals surface area (Å²) in [6.45, 7) is 3.70. The summed E-state index contributed by atoms with van der Waals surface area (Å²) in [6.07, 6.45) is 3.28. The Bertz CT molecular complexity index is 665. The lowest BCUT2D eigenvalue weighted by Gasteiger charge is -2.07. The van der Waals surface area contributed by atoms with Crippen LogP contribution >= 0.6 is 12.2 Å². The van der Waals surface area contributed by atoms with Crippen molar-refractivity contribution in [1.29, 1.82) is 0 Å². The summed E-state index contributed by atoms with van der Waals surface area (Å²) in [5, 5.41) is 16.9. The van der Waals surface area contributed by atoms with Crippen molar-refractivity contribution in [3.8, 4) is 5.75 Å². The molecule has 0 saturated heterocycles. The number of nitrogens with zero attached hydrogens (tertiary/aromatic N) is 1. The largest absolute Gasteiger partial charge is 0.507 e. The van der Waals surface area contributed by atoms with Crippen molar-refractivity contribution < 1.29 is 5.11 Å². The molecule has 0 aliphatic heterocycles. The molecule has 21 heavy (non-hydrogen) atoms. The van der Waals surface area contributed by atoms with E-state index in [1.807, 2.05) is 30.3 Å². The third-order valence-corrected chi connectivity index (χ3v) is 2.90. The van der Waals surface area contributed by atoms with Gasteiger partial charge < -0.3 is 10.4 Å². The first-order valence-electron chi connectivity index (χ1n) is 6.29. The van der Waals surface area contributed by atoms with Gasteiger partial charge in [0.25, 0.3) is 0 Å². The molecule has 5 heteroatoms. The zero-order valence-electron chi connectivity index (χ0n) is 11.3. The van der Waals surface area contributed by atoms with Gasteiger partial charge in [0.2, 0.25) is 0 Å². The number of nitrogens with one attached hydrogen (secondary N) is 2. The van der Waals surface area contributed by atoms with Crippen molar-refractivity contribution >= 4 is 35.3 Å².